The molecule has 1 N–H and O–H groups in total. The van der Waals surface area contributed by atoms with Crippen LogP contribution in [0.25, 0.3) is 11.0 Å². The van der Waals surface area contributed by atoms with E-state index in [0.29, 0.717) is 16.4 Å². The van der Waals surface area contributed by atoms with E-state index in [1.165, 1.54) is 5.56 Å². The summed E-state index contributed by atoms with van der Waals surface area (Å²) < 4.78 is 6.69. The number of halogens is 1. The van der Waals surface area contributed by atoms with Gasteiger partial charge in [0.15, 0.2) is 0 Å². The SMILES string of the molecule is O=C(Nc1ccnn1C1CCN(Cc2ccc3nonc3c2)CC1)c1ccccc1Cl. The Bertz CT molecular complexity index is 1210. The topological polar surface area (TPSA) is 89.1 Å². The molecule has 0 unspecified atom stereocenters. The third kappa shape index (κ3) is 4.17. The molecule has 0 atom stereocenters. The van der Waals surface area contributed by atoms with Crippen LogP contribution in [-0.4, -0.2) is 44.0 Å². The van der Waals surface area contributed by atoms with Gasteiger partial charge in [-0.1, -0.05) is 29.8 Å². The maximum atomic E-state index is 12.6. The van der Waals surface area contributed by atoms with Crippen molar-refractivity contribution in [2.75, 3.05) is 18.4 Å². The number of rotatable bonds is 5. The largest absolute Gasteiger partial charge is 0.307 e. The first-order valence-corrected chi connectivity index (χ1v) is 10.6. The third-order valence-corrected chi connectivity index (χ3v) is 5.99. The van der Waals surface area contributed by atoms with Gasteiger partial charge < -0.3 is 5.32 Å². The van der Waals surface area contributed by atoms with Crippen LogP contribution in [-0.2, 0) is 6.54 Å². The number of carbonyl (C=O) groups is 1. The molecule has 0 radical (unpaired) electrons. The highest BCUT2D eigenvalue weighted by atomic mass is 35.5. The minimum absolute atomic E-state index is 0.231. The average Bonchev–Trinajstić information content (AvgIpc) is 3.44. The van der Waals surface area contributed by atoms with E-state index in [0.717, 1.165) is 43.5 Å². The Hall–Kier alpha value is -3.23. The molecule has 1 aliphatic rings. The maximum absolute atomic E-state index is 12.6. The predicted molar refractivity (Wildman–Crippen MR) is 117 cm³/mol. The van der Waals surface area contributed by atoms with Crippen molar-refractivity contribution in [1.29, 1.82) is 0 Å². The lowest BCUT2D eigenvalue weighted by atomic mass is 10.0. The number of likely N-dealkylation sites (tertiary alicyclic amines) is 1. The first kappa shape index (κ1) is 19.7. The Labute approximate surface area is 183 Å². The average molecular weight is 437 g/mol. The summed E-state index contributed by atoms with van der Waals surface area (Å²) in [6, 6.07) is 15.1. The summed E-state index contributed by atoms with van der Waals surface area (Å²) in [5, 5.41) is 15.6. The number of amides is 1. The molecule has 0 aliphatic carbocycles. The van der Waals surface area contributed by atoms with Gasteiger partial charge in [-0.25, -0.2) is 9.31 Å². The molecule has 1 fully saturated rings. The predicted octanol–water partition coefficient (Wildman–Crippen LogP) is 4.16. The smallest absolute Gasteiger partial charge is 0.258 e. The molecule has 3 heterocycles. The van der Waals surface area contributed by atoms with Crippen molar-refractivity contribution in [2.45, 2.75) is 25.4 Å². The van der Waals surface area contributed by atoms with Gasteiger partial charge in [0, 0.05) is 25.7 Å². The first-order chi connectivity index (χ1) is 15.2. The lowest BCUT2D eigenvalue weighted by Gasteiger charge is -2.32. The van der Waals surface area contributed by atoms with Crippen molar-refractivity contribution in [3.05, 3.63) is 70.9 Å². The third-order valence-electron chi connectivity index (χ3n) is 5.66. The van der Waals surface area contributed by atoms with Gasteiger partial charge in [-0.2, -0.15) is 5.10 Å². The Morgan fingerprint density at radius 3 is 2.74 bits per heavy atom. The Kier molecular flexibility index (Phi) is 5.40. The van der Waals surface area contributed by atoms with Crippen molar-refractivity contribution < 1.29 is 9.42 Å². The second-order valence-electron chi connectivity index (χ2n) is 7.69. The van der Waals surface area contributed by atoms with Gasteiger partial charge in [0.05, 0.1) is 22.8 Å². The molecule has 5 rings (SSSR count). The zero-order valence-electron chi connectivity index (χ0n) is 16.7. The number of nitrogens with zero attached hydrogens (tertiary/aromatic N) is 5. The zero-order valence-corrected chi connectivity index (χ0v) is 17.5. The van der Waals surface area contributed by atoms with Crippen LogP contribution in [0.3, 0.4) is 0 Å². The lowest BCUT2D eigenvalue weighted by molar-refractivity contribution is 0.102. The summed E-state index contributed by atoms with van der Waals surface area (Å²) in [5.74, 6) is 0.454. The fourth-order valence-corrected chi connectivity index (χ4v) is 4.26. The molecule has 1 saturated heterocycles. The summed E-state index contributed by atoms with van der Waals surface area (Å²) in [6.07, 6.45) is 3.62. The molecule has 31 heavy (non-hydrogen) atoms. The number of anilines is 1. The summed E-state index contributed by atoms with van der Waals surface area (Å²) >= 11 is 6.15. The van der Waals surface area contributed by atoms with Crippen molar-refractivity contribution in [1.82, 2.24) is 25.0 Å². The molecule has 0 saturated carbocycles. The number of aromatic nitrogens is 4. The highest BCUT2D eigenvalue weighted by Gasteiger charge is 2.24. The highest BCUT2D eigenvalue weighted by Crippen LogP contribution is 2.27. The number of fused-ring (bicyclic) bond motifs is 1. The summed E-state index contributed by atoms with van der Waals surface area (Å²) in [5.41, 5.74) is 3.19. The van der Waals surface area contributed by atoms with Gasteiger partial charge in [0.1, 0.15) is 16.9 Å². The Morgan fingerprint density at radius 1 is 1.10 bits per heavy atom. The van der Waals surface area contributed by atoms with Crippen LogP contribution in [0.2, 0.25) is 5.02 Å². The molecule has 0 spiro atoms. The number of hydrogen-bond acceptors (Lipinski definition) is 6. The number of carbonyl (C=O) groups excluding carboxylic acids is 1. The van der Waals surface area contributed by atoms with Crippen molar-refractivity contribution in [2.24, 2.45) is 0 Å². The fourth-order valence-electron chi connectivity index (χ4n) is 4.04. The molecule has 1 amide bonds. The van der Waals surface area contributed by atoms with E-state index < -0.39 is 0 Å². The molecule has 158 valence electrons. The van der Waals surface area contributed by atoms with E-state index >= 15 is 0 Å². The summed E-state index contributed by atoms with van der Waals surface area (Å²) in [6.45, 7) is 2.74. The Morgan fingerprint density at radius 2 is 1.90 bits per heavy atom. The van der Waals surface area contributed by atoms with Crippen LogP contribution in [0, 0.1) is 0 Å². The van der Waals surface area contributed by atoms with Crippen LogP contribution in [0.4, 0.5) is 5.82 Å². The van der Waals surface area contributed by atoms with Gasteiger partial charge in [-0.3, -0.25) is 9.69 Å². The highest BCUT2D eigenvalue weighted by molar-refractivity contribution is 6.34. The van der Waals surface area contributed by atoms with E-state index in [-0.39, 0.29) is 11.9 Å². The van der Waals surface area contributed by atoms with E-state index in [1.807, 2.05) is 22.9 Å². The Balaban J connectivity index is 1.21. The number of nitrogens with one attached hydrogen (secondary N) is 1. The molecular weight excluding hydrogens is 416 g/mol. The van der Waals surface area contributed by atoms with E-state index in [1.54, 1.807) is 30.5 Å². The van der Waals surface area contributed by atoms with Crippen LogP contribution < -0.4 is 5.32 Å². The van der Waals surface area contributed by atoms with Crippen LogP contribution >= 0.6 is 11.6 Å². The van der Waals surface area contributed by atoms with Crippen molar-refractivity contribution in [3.8, 4) is 0 Å². The number of piperidine rings is 1. The van der Waals surface area contributed by atoms with E-state index in [4.69, 9.17) is 16.2 Å². The van der Waals surface area contributed by atoms with E-state index in [9.17, 15) is 4.79 Å². The molecule has 9 heteroatoms. The van der Waals surface area contributed by atoms with Gasteiger partial charge in [0.2, 0.25) is 0 Å². The van der Waals surface area contributed by atoms with Gasteiger partial charge >= 0.3 is 0 Å². The van der Waals surface area contributed by atoms with Gasteiger partial charge in [-0.15, -0.1) is 0 Å². The number of benzene rings is 2. The minimum Gasteiger partial charge on any atom is -0.307 e. The molecule has 1 aliphatic heterocycles. The van der Waals surface area contributed by atoms with Crippen molar-refractivity contribution >= 4 is 34.4 Å². The monoisotopic (exact) mass is 436 g/mol. The first-order valence-electron chi connectivity index (χ1n) is 10.2. The number of hydrogen-bond donors (Lipinski definition) is 1. The van der Waals surface area contributed by atoms with Crippen LogP contribution in [0.15, 0.2) is 59.4 Å². The fraction of sp³-hybridized carbons (Fsp3) is 0.273. The second-order valence-corrected chi connectivity index (χ2v) is 8.10. The standard InChI is InChI=1S/C22H21ClN6O2/c23-18-4-2-1-3-17(18)22(30)25-21-7-10-24-29(21)16-8-11-28(12-9-16)14-15-5-6-19-20(13-15)27-31-26-19/h1-7,10,13,16H,8-9,11-12,14H2,(H,25,30). The van der Waals surface area contributed by atoms with E-state index in [2.05, 4.69) is 31.7 Å². The summed E-state index contributed by atoms with van der Waals surface area (Å²) in [7, 11) is 0. The molecular formula is C22H21ClN6O2. The van der Waals surface area contributed by atoms with Crippen molar-refractivity contribution in [3.63, 3.8) is 0 Å². The van der Waals surface area contributed by atoms with Gasteiger partial charge in [0.25, 0.3) is 5.91 Å². The van der Waals surface area contributed by atoms with Crippen LogP contribution in [0.5, 0.6) is 0 Å². The normalized spacial score (nSPS) is 15.4. The second kappa shape index (κ2) is 8.49. The minimum atomic E-state index is -0.234. The molecule has 0 bridgehead atoms. The lowest BCUT2D eigenvalue weighted by Crippen LogP contribution is -2.35. The molecule has 2 aromatic heterocycles. The molecule has 4 aromatic rings. The summed E-state index contributed by atoms with van der Waals surface area (Å²) in [4.78, 5) is 15.0. The van der Waals surface area contributed by atoms with Gasteiger partial charge in [-0.05, 0) is 53.0 Å². The quantitative estimate of drug-likeness (QED) is 0.505. The molecule has 8 nitrogen and oxygen atoms in total. The maximum Gasteiger partial charge on any atom is 0.258 e. The molecule has 2 aromatic carbocycles. The zero-order chi connectivity index (χ0) is 21.2. The van der Waals surface area contributed by atoms with Crippen LogP contribution in [0.1, 0.15) is 34.8 Å².